The zero-order valence-corrected chi connectivity index (χ0v) is 14.5. The molecule has 2 fully saturated rings. The van der Waals surface area contributed by atoms with Crippen molar-refractivity contribution < 1.29 is 23.6 Å². The lowest BCUT2D eigenvalue weighted by molar-refractivity contribution is -0.137. The maximum Gasteiger partial charge on any atom is 0.325 e. The van der Waals surface area contributed by atoms with Gasteiger partial charge in [0.05, 0.1) is 12.8 Å². The SMILES string of the molecule is C[C@H]1CCCC[C@@]12NC(=O)N(CC(=O)NC(=O)NCc1ccco1)C2=O. The van der Waals surface area contributed by atoms with Crippen molar-refractivity contribution in [3.63, 3.8) is 0 Å². The summed E-state index contributed by atoms with van der Waals surface area (Å²) in [6.07, 6.45) is 4.76. The molecule has 0 radical (unpaired) electrons. The average molecular weight is 362 g/mol. The van der Waals surface area contributed by atoms with Gasteiger partial charge >= 0.3 is 12.1 Å². The summed E-state index contributed by atoms with van der Waals surface area (Å²) in [6, 6.07) is 2.05. The number of carbonyl (C=O) groups excluding carboxylic acids is 4. The molecule has 1 aliphatic carbocycles. The molecular weight excluding hydrogens is 340 g/mol. The fourth-order valence-electron chi connectivity index (χ4n) is 3.57. The molecule has 9 heteroatoms. The van der Waals surface area contributed by atoms with Crippen molar-refractivity contribution in [1.29, 1.82) is 0 Å². The molecule has 2 heterocycles. The van der Waals surface area contributed by atoms with Crippen molar-refractivity contribution in [2.75, 3.05) is 6.54 Å². The zero-order valence-electron chi connectivity index (χ0n) is 14.5. The van der Waals surface area contributed by atoms with E-state index in [-0.39, 0.29) is 18.4 Å². The normalized spacial score (nSPS) is 25.3. The standard InChI is InChI=1S/C17H22N4O5/c1-11-5-2-3-7-17(11)14(23)21(16(25)20-17)10-13(22)19-15(24)18-9-12-6-4-8-26-12/h4,6,8,11H,2-3,5,7,9-10H2,1H3,(H,20,25)(H2,18,19,22,24)/t11-,17+/m0/s1. The highest BCUT2D eigenvalue weighted by Gasteiger charge is 2.55. The monoisotopic (exact) mass is 362 g/mol. The molecule has 0 bridgehead atoms. The van der Waals surface area contributed by atoms with Gasteiger partial charge in [0, 0.05) is 0 Å². The van der Waals surface area contributed by atoms with Crippen LogP contribution >= 0.6 is 0 Å². The summed E-state index contributed by atoms with van der Waals surface area (Å²) < 4.78 is 5.07. The second-order valence-electron chi connectivity index (χ2n) is 6.75. The summed E-state index contributed by atoms with van der Waals surface area (Å²) in [5, 5.41) is 7.33. The summed E-state index contributed by atoms with van der Waals surface area (Å²) >= 11 is 0. The van der Waals surface area contributed by atoms with E-state index >= 15 is 0 Å². The Bertz CT molecular complexity index is 717. The molecule has 6 amide bonds. The Morgan fingerprint density at radius 2 is 2.19 bits per heavy atom. The van der Waals surface area contributed by atoms with Gasteiger partial charge in [0.15, 0.2) is 0 Å². The van der Waals surface area contributed by atoms with Gasteiger partial charge in [-0.25, -0.2) is 9.59 Å². The first-order valence-electron chi connectivity index (χ1n) is 8.66. The third kappa shape index (κ3) is 3.42. The van der Waals surface area contributed by atoms with Gasteiger partial charge in [-0.2, -0.15) is 0 Å². The van der Waals surface area contributed by atoms with Crippen LogP contribution in [0.3, 0.4) is 0 Å². The maximum atomic E-state index is 12.8. The number of nitrogens with one attached hydrogen (secondary N) is 3. The van der Waals surface area contributed by atoms with Gasteiger partial charge in [-0.05, 0) is 30.9 Å². The molecule has 3 rings (SSSR count). The van der Waals surface area contributed by atoms with Crippen molar-refractivity contribution in [3.8, 4) is 0 Å². The number of amides is 6. The minimum Gasteiger partial charge on any atom is -0.467 e. The van der Waals surface area contributed by atoms with Gasteiger partial charge in [0.25, 0.3) is 5.91 Å². The topological polar surface area (TPSA) is 121 Å². The Kier molecular flexibility index (Phi) is 4.97. The predicted octanol–water partition coefficient (Wildman–Crippen LogP) is 1.11. The van der Waals surface area contributed by atoms with Gasteiger partial charge in [0.2, 0.25) is 5.91 Å². The van der Waals surface area contributed by atoms with Crippen LogP contribution in [0.1, 0.15) is 38.4 Å². The lowest BCUT2D eigenvalue weighted by Gasteiger charge is -2.36. The lowest BCUT2D eigenvalue weighted by atomic mass is 9.73. The second-order valence-corrected chi connectivity index (χ2v) is 6.75. The van der Waals surface area contributed by atoms with Crippen molar-refractivity contribution >= 4 is 23.9 Å². The molecule has 2 aliphatic rings. The van der Waals surface area contributed by atoms with E-state index < -0.39 is 30.1 Å². The van der Waals surface area contributed by atoms with Crippen LogP contribution < -0.4 is 16.0 Å². The molecule has 1 aromatic rings. The molecule has 3 N–H and O–H groups in total. The van der Waals surface area contributed by atoms with Gasteiger partial charge in [-0.3, -0.25) is 19.8 Å². The molecule has 1 spiro atoms. The van der Waals surface area contributed by atoms with E-state index in [0.717, 1.165) is 24.2 Å². The number of hydrogen-bond acceptors (Lipinski definition) is 5. The molecule has 2 atom stereocenters. The first kappa shape index (κ1) is 18.0. The van der Waals surface area contributed by atoms with Crippen LogP contribution in [0.2, 0.25) is 0 Å². The molecule has 1 saturated heterocycles. The van der Waals surface area contributed by atoms with Gasteiger partial charge in [-0.15, -0.1) is 0 Å². The molecule has 1 aromatic heterocycles. The number of imide groups is 2. The van der Waals surface area contributed by atoms with Crippen LogP contribution in [-0.4, -0.2) is 40.9 Å². The van der Waals surface area contributed by atoms with Crippen LogP contribution in [0.4, 0.5) is 9.59 Å². The summed E-state index contributed by atoms with van der Waals surface area (Å²) in [5.74, 6) is -0.570. The van der Waals surface area contributed by atoms with Crippen molar-refractivity contribution in [1.82, 2.24) is 20.9 Å². The fourth-order valence-corrected chi connectivity index (χ4v) is 3.57. The minimum absolute atomic E-state index is 0.0114. The average Bonchev–Trinajstić information content (AvgIpc) is 3.19. The first-order chi connectivity index (χ1) is 12.4. The summed E-state index contributed by atoms with van der Waals surface area (Å²) in [6.45, 7) is 1.56. The van der Waals surface area contributed by atoms with Crippen LogP contribution in [0.25, 0.3) is 0 Å². The summed E-state index contributed by atoms with van der Waals surface area (Å²) in [7, 11) is 0. The van der Waals surface area contributed by atoms with Gasteiger partial charge < -0.3 is 15.1 Å². The Labute approximate surface area is 150 Å². The lowest BCUT2D eigenvalue weighted by Crippen LogP contribution is -2.54. The quantitative estimate of drug-likeness (QED) is 0.693. The molecule has 9 nitrogen and oxygen atoms in total. The molecule has 26 heavy (non-hydrogen) atoms. The largest absolute Gasteiger partial charge is 0.467 e. The number of urea groups is 2. The zero-order chi connectivity index (χ0) is 18.7. The summed E-state index contributed by atoms with van der Waals surface area (Å²) in [5.41, 5.74) is -0.919. The predicted molar refractivity (Wildman–Crippen MR) is 89.7 cm³/mol. The minimum atomic E-state index is -0.919. The van der Waals surface area contributed by atoms with E-state index in [9.17, 15) is 19.2 Å². The van der Waals surface area contributed by atoms with Crippen LogP contribution in [0, 0.1) is 5.92 Å². The first-order valence-corrected chi connectivity index (χ1v) is 8.66. The van der Waals surface area contributed by atoms with E-state index in [0.29, 0.717) is 12.2 Å². The van der Waals surface area contributed by atoms with Gasteiger partial charge in [-0.1, -0.05) is 19.8 Å². The van der Waals surface area contributed by atoms with Crippen molar-refractivity contribution in [2.45, 2.75) is 44.7 Å². The van der Waals surface area contributed by atoms with E-state index in [4.69, 9.17) is 4.42 Å². The molecule has 1 aliphatic heterocycles. The highest BCUT2D eigenvalue weighted by atomic mass is 16.3. The number of furan rings is 1. The van der Waals surface area contributed by atoms with Gasteiger partial charge in [0.1, 0.15) is 17.8 Å². The van der Waals surface area contributed by atoms with E-state index in [2.05, 4.69) is 16.0 Å². The van der Waals surface area contributed by atoms with E-state index in [1.165, 1.54) is 6.26 Å². The van der Waals surface area contributed by atoms with Crippen LogP contribution in [0.15, 0.2) is 22.8 Å². The second kappa shape index (κ2) is 7.19. The smallest absolute Gasteiger partial charge is 0.325 e. The summed E-state index contributed by atoms with van der Waals surface area (Å²) in [4.78, 5) is 49.6. The molecule has 1 saturated carbocycles. The van der Waals surface area contributed by atoms with Crippen molar-refractivity contribution in [3.05, 3.63) is 24.2 Å². The van der Waals surface area contributed by atoms with E-state index in [1.807, 2.05) is 6.92 Å². The number of rotatable bonds is 4. The van der Waals surface area contributed by atoms with Crippen LogP contribution in [-0.2, 0) is 16.1 Å². The highest BCUT2D eigenvalue weighted by Crippen LogP contribution is 2.38. The Balaban J connectivity index is 1.54. The third-order valence-electron chi connectivity index (χ3n) is 5.06. The Morgan fingerprint density at radius 1 is 1.38 bits per heavy atom. The molecule has 0 aromatic carbocycles. The number of carbonyl (C=O) groups is 4. The van der Waals surface area contributed by atoms with Crippen molar-refractivity contribution in [2.24, 2.45) is 5.92 Å². The van der Waals surface area contributed by atoms with E-state index in [1.54, 1.807) is 12.1 Å². The number of hydrogen-bond donors (Lipinski definition) is 3. The molecule has 140 valence electrons. The maximum absolute atomic E-state index is 12.8. The fraction of sp³-hybridized carbons (Fsp3) is 0.529. The molecule has 0 unspecified atom stereocenters. The Morgan fingerprint density at radius 3 is 2.88 bits per heavy atom. The van der Waals surface area contributed by atoms with Crippen LogP contribution in [0.5, 0.6) is 0 Å². The Hall–Kier alpha value is -2.84. The number of nitrogens with zero attached hydrogens (tertiary/aromatic N) is 1. The highest BCUT2D eigenvalue weighted by molar-refractivity contribution is 6.10. The third-order valence-corrected chi connectivity index (χ3v) is 5.06. The molecular formula is C17H22N4O5.